The molecule has 6 heteroatoms. The van der Waals surface area contributed by atoms with Gasteiger partial charge in [-0.2, -0.15) is 0 Å². The average molecular weight is 491 g/mol. The number of hydrogen-bond donors (Lipinski definition) is 0. The van der Waals surface area contributed by atoms with E-state index in [4.69, 9.17) is 9.47 Å². The number of rotatable bonds is 8. The number of benzene rings is 4. The topological polar surface area (TPSA) is 59.1 Å². The van der Waals surface area contributed by atoms with Crippen LogP contribution in [-0.2, 0) is 16.0 Å². The molecule has 0 saturated carbocycles. The van der Waals surface area contributed by atoms with Crippen LogP contribution in [0.1, 0.15) is 11.1 Å². The molecule has 0 aromatic heterocycles. The van der Waals surface area contributed by atoms with Crippen LogP contribution in [0.4, 0.5) is 21.9 Å². The van der Waals surface area contributed by atoms with Gasteiger partial charge in [-0.15, -0.1) is 0 Å². The lowest BCUT2D eigenvalue weighted by molar-refractivity contribution is -0.123. The third kappa shape index (κ3) is 5.38. The molecule has 6 nitrogen and oxygen atoms in total. The van der Waals surface area contributed by atoms with Crippen LogP contribution in [0.2, 0.25) is 0 Å². The van der Waals surface area contributed by atoms with Crippen molar-refractivity contribution in [3.05, 3.63) is 126 Å². The van der Waals surface area contributed by atoms with Gasteiger partial charge >= 0.3 is 6.09 Å². The van der Waals surface area contributed by atoms with Gasteiger partial charge in [0.25, 0.3) is 5.91 Å². The molecular weight excluding hydrogens is 464 g/mol. The molecule has 0 N–H and O–H groups in total. The second-order valence-electron chi connectivity index (χ2n) is 8.53. The first kappa shape index (κ1) is 23.9. The maximum absolute atomic E-state index is 12.9. The summed E-state index contributed by atoms with van der Waals surface area (Å²) < 4.78 is 10.5. The molecule has 0 bridgehead atoms. The van der Waals surface area contributed by atoms with Crippen LogP contribution in [0.15, 0.2) is 115 Å². The first-order chi connectivity index (χ1) is 18.1. The summed E-state index contributed by atoms with van der Waals surface area (Å²) in [4.78, 5) is 28.6. The number of imide groups is 1. The molecule has 37 heavy (non-hydrogen) atoms. The number of methoxy groups -OCH3 is 1. The van der Waals surface area contributed by atoms with Crippen LogP contribution >= 0.6 is 0 Å². The highest BCUT2D eigenvalue weighted by Crippen LogP contribution is 2.34. The highest BCUT2D eigenvalue weighted by atomic mass is 16.6. The van der Waals surface area contributed by atoms with E-state index in [-0.39, 0.29) is 12.3 Å². The van der Waals surface area contributed by atoms with Gasteiger partial charge in [-0.05, 0) is 72.2 Å². The number of para-hydroxylation sites is 2. The van der Waals surface area contributed by atoms with E-state index in [1.54, 1.807) is 13.2 Å². The Kier molecular flexibility index (Phi) is 6.99. The van der Waals surface area contributed by atoms with Crippen molar-refractivity contribution >= 4 is 35.1 Å². The zero-order valence-corrected chi connectivity index (χ0v) is 20.4. The van der Waals surface area contributed by atoms with Gasteiger partial charge in [-0.25, -0.2) is 9.69 Å². The van der Waals surface area contributed by atoms with Crippen molar-refractivity contribution in [3.63, 3.8) is 0 Å². The summed E-state index contributed by atoms with van der Waals surface area (Å²) in [6.45, 7) is 0.226. The van der Waals surface area contributed by atoms with Gasteiger partial charge in [0.05, 0.1) is 7.11 Å². The fourth-order valence-corrected chi connectivity index (χ4v) is 4.23. The molecule has 0 unspecified atom stereocenters. The first-order valence-electron chi connectivity index (χ1n) is 12.0. The predicted octanol–water partition coefficient (Wildman–Crippen LogP) is 6.73. The van der Waals surface area contributed by atoms with E-state index in [1.165, 1.54) is 0 Å². The Balaban J connectivity index is 1.33. The number of cyclic esters (lactones) is 1. The van der Waals surface area contributed by atoms with Crippen molar-refractivity contribution in [2.45, 2.75) is 6.42 Å². The van der Waals surface area contributed by atoms with E-state index in [1.807, 2.05) is 84.9 Å². The lowest BCUT2D eigenvalue weighted by atomic mass is 10.1. The zero-order valence-electron chi connectivity index (χ0n) is 20.4. The van der Waals surface area contributed by atoms with Crippen molar-refractivity contribution in [1.29, 1.82) is 0 Å². The summed E-state index contributed by atoms with van der Waals surface area (Å²) in [7, 11) is 1.60. The number of anilines is 3. The second-order valence-corrected chi connectivity index (χ2v) is 8.53. The third-order valence-corrected chi connectivity index (χ3v) is 6.11. The molecule has 1 aliphatic heterocycles. The van der Waals surface area contributed by atoms with E-state index >= 15 is 0 Å². The molecule has 0 radical (unpaired) electrons. The van der Waals surface area contributed by atoms with E-state index in [0.717, 1.165) is 38.8 Å². The Hall–Kier alpha value is -4.84. The standard InChI is InChI=1S/C31H26N2O4/c1-36-28-14-8-9-23(21-28)19-20-32-30(34)29(37-31(32)35)22-24-15-17-27(18-16-24)33(25-10-4-2-5-11-25)26-12-6-3-7-13-26/h2-18,21-22H,19-20H2,1H3. The average Bonchev–Trinajstić information content (AvgIpc) is 3.21. The van der Waals surface area contributed by atoms with Gasteiger partial charge < -0.3 is 14.4 Å². The monoisotopic (exact) mass is 490 g/mol. The molecular formula is C31H26N2O4. The number of ether oxygens (including phenoxy) is 2. The smallest absolute Gasteiger partial charge is 0.422 e. The molecule has 2 amide bonds. The van der Waals surface area contributed by atoms with Crippen LogP contribution < -0.4 is 9.64 Å². The van der Waals surface area contributed by atoms with E-state index < -0.39 is 12.0 Å². The minimum absolute atomic E-state index is 0.0198. The summed E-state index contributed by atoms with van der Waals surface area (Å²) in [5.74, 6) is 0.313. The summed E-state index contributed by atoms with van der Waals surface area (Å²) >= 11 is 0. The highest BCUT2D eigenvalue weighted by molar-refractivity contribution is 6.09. The largest absolute Gasteiger partial charge is 0.497 e. The molecule has 1 aliphatic rings. The molecule has 0 aliphatic carbocycles. The van der Waals surface area contributed by atoms with Crippen molar-refractivity contribution in [1.82, 2.24) is 4.90 Å². The minimum Gasteiger partial charge on any atom is -0.497 e. The van der Waals surface area contributed by atoms with Crippen LogP contribution in [0.5, 0.6) is 5.75 Å². The number of nitrogens with zero attached hydrogens (tertiary/aromatic N) is 2. The van der Waals surface area contributed by atoms with Crippen LogP contribution in [-0.4, -0.2) is 30.6 Å². The number of hydrogen-bond acceptors (Lipinski definition) is 5. The molecule has 0 atom stereocenters. The maximum atomic E-state index is 12.9. The number of amides is 2. The van der Waals surface area contributed by atoms with Crippen LogP contribution in [0, 0.1) is 0 Å². The fourth-order valence-electron chi connectivity index (χ4n) is 4.23. The molecule has 184 valence electrons. The van der Waals surface area contributed by atoms with Crippen molar-refractivity contribution in [2.75, 3.05) is 18.6 Å². The highest BCUT2D eigenvalue weighted by Gasteiger charge is 2.36. The third-order valence-electron chi connectivity index (χ3n) is 6.11. The molecule has 4 aromatic rings. The minimum atomic E-state index is -0.657. The molecule has 1 saturated heterocycles. The van der Waals surface area contributed by atoms with E-state index in [9.17, 15) is 9.59 Å². The van der Waals surface area contributed by atoms with Gasteiger partial charge in [-0.1, -0.05) is 60.7 Å². The fraction of sp³-hybridized carbons (Fsp3) is 0.0968. The van der Waals surface area contributed by atoms with Crippen molar-refractivity contribution in [3.8, 4) is 5.75 Å². The molecule has 5 rings (SSSR count). The lowest BCUT2D eigenvalue weighted by Crippen LogP contribution is -2.30. The zero-order chi connectivity index (χ0) is 25.6. The maximum Gasteiger partial charge on any atom is 0.422 e. The normalized spacial score (nSPS) is 14.1. The predicted molar refractivity (Wildman–Crippen MR) is 144 cm³/mol. The van der Waals surface area contributed by atoms with Gasteiger partial charge in [0, 0.05) is 23.6 Å². The molecule has 4 aromatic carbocycles. The SMILES string of the molecule is COc1cccc(CCN2C(=O)OC(=Cc3ccc(N(c4ccccc4)c4ccccc4)cc3)C2=O)c1. The summed E-state index contributed by atoms with van der Waals surface area (Å²) in [6, 6.07) is 35.5. The number of carbonyl (C=O) groups is 2. The Labute approximate surface area is 216 Å². The van der Waals surface area contributed by atoms with Crippen LogP contribution in [0.25, 0.3) is 6.08 Å². The van der Waals surface area contributed by atoms with Gasteiger partial charge in [-0.3, -0.25) is 4.79 Å². The Morgan fingerprint density at radius 2 is 1.41 bits per heavy atom. The Morgan fingerprint density at radius 3 is 2.03 bits per heavy atom. The quantitative estimate of drug-likeness (QED) is 0.256. The summed E-state index contributed by atoms with van der Waals surface area (Å²) in [5.41, 5.74) is 4.76. The number of carbonyl (C=O) groups excluding carboxylic acids is 2. The lowest BCUT2D eigenvalue weighted by Gasteiger charge is -2.25. The molecule has 1 fully saturated rings. The van der Waals surface area contributed by atoms with Crippen molar-refractivity contribution in [2.24, 2.45) is 0 Å². The Morgan fingerprint density at radius 1 is 0.784 bits per heavy atom. The van der Waals surface area contributed by atoms with Gasteiger partial charge in [0.1, 0.15) is 5.75 Å². The Bertz CT molecular complexity index is 1380. The molecule has 0 spiro atoms. The summed E-state index contributed by atoms with van der Waals surface area (Å²) in [5, 5.41) is 0. The van der Waals surface area contributed by atoms with Crippen LogP contribution in [0.3, 0.4) is 0 Å². The first-order valence-corrected chi connectivity index (χ1v) is 12.0. The van der Waals surface area contributed by atoms with E-state index in [0.29, 0.717) is 6.42 Å². The second kappa shape index (κ2) is 10.8. The van der Waals surface area contributed by atoms with Crippen molar-refractivity contribution < 1.29 is 19.1 Å². The molecule has 1 heterocycles. The van der Waals surface area contributed by atoms with E-state index in [2.05, 4.69) is 29.2 Å². The van der Waals surface area contributed by atoms with Gasteiger partial charge in [0.15, 0.2) is 5.76 Å². The van der Waals surface area contributed by atoms with Gasteiger partial charge in [0.2, 0.25) is 0 Å². The summed E-state index contributed by atoms with van der Waals surface area (Å²) in [6.07, 6.45) is 1.45.